The van der Waals surface area contributed by atoms with Crippen molar-refractivity contribution in [2.75, 3.05) is 46.0 Å². The van der Waals surface area contributed by atoms with E-state index in [0.29, 0.717) is 39.4 Å². The van der Waals surface area contributed by atoms with E-state index >= 15 is 0 Å². The molecule has 0 aromatic rings. The number of aliphatic hydroxyl groups is 1. The van der Waals surface area contributed by atoms with Crippen molar-refractivity contribution in [2.24, 2.45) is 0 Å². The first-order valence-corrected chi connectivity index (χ1v) is 5.73. The molecule has 17 heavy (non-hydrogen) atoms. The lowest BCUT2D eigenvalue weighted by molar-refractivity contribution is 0.0115. The lowest BCUT2D eigenvalue weighted by Crippen LogP contribution is -2.42. The molecule has 0 aromatic heterocycles. The smallest absolute Gasteiger partial charge is 0.410 e. The molecule has 6 nitrogen and oxygen atoms in total. The number of rotatable bonds is 6. The third kappa shape index (κ3) is 5.67. The molecule has 1 rings (SSSR count). The topological polar surface area (TPSA) is 71.0 Å². The van der Waals surface area contributed by atoms with Gasteiger partial charge in [-0.1, -0.05) is 6.08 Å². The minimum atomic E-state index is -0.694. The van der Waals surface area contributed by atoms with Crippen molar-refractivity contribution in [2.45, 2.75) is 6.10 Å². The number of carbonyl (C=O) groups is 1. The second-order valence-electron chi connectivity index (χ2n) is 3.78. The number of morpholine rings is 1. The van der Waals surface area contributed by atoms with Crippen molar-refractivity contribution in [1.82, 2.24) is 10.2 Å². The zero-order valence-electron chi connectivity index (χ0n) is 9.93. The molecule has 1 fully saturated rings. The van der Waals surface area contributed by atoms with Crippen LogP contribution in [0.15, 0.2) is 12.7 Å². The van der Waals surface area contributed by atoms with E-state index in [1.165, 1.54) is 0 Å². The number of ether oxygens (including phenoxy) is 2. The summed E-state index contributed by atoms with van der Waals surface area (Å²) in [6.45, 7) is 6.71. The van der Waals surface area contributed by atoms with Crippen molar-refractivity contribution in [3.8, 4) is 0 Å². The van der Waals surface area contributed by atoms with Crippen LogP contribution in [-0.4, -0.2) is 68.2 Å². The molecule has 1 amide bonds. The first-order chi connectivity index (χ1) is 8.24. The first-order valence-electron chi connectivity index (χ1n) is 5.73. The van der Waals surface area contributed by atoms with E-state index in [1.807, 2.05) is 0 Å². The molecule has 1 heterocycles. The summed E-state index contributed by atoms with van der Waals surface area (Å²) in [6.07, 6.45) is 0.614. The second-order valence-corrected chi connectivity index (χ2v) is 3.78. The van der Waals surface area contributed by atoms with E-state index in [-0.39, 0.29) is 6.61 Å². The van der Waals surface area contributed by atoms with Crippen molar-refractivity contribution in [3.05, 3.63) is 12.7 Å². The molecule has 0 spiro atoms. The van der Waals surface area contributed by atoms with E-state index in [1.54, 1.807) is 11.0 Å². The van der Waals surface area contributed by atoms with Gasteiger partial charge in [0.1, 0.15) is 12.7 Å². The molecule has 0 aromatic carbocycles. The Hall–Kier alpha value is -1.11. The van der Waals surface area contributed by atoms with Crippen LogP contribution in [-0.2, 0) is 9.47 Å². The minimum Gasteiger partial charge on any atom is -0.447 e. The minimum absolute atomic E-state index is 0.000331. The highest BCUT2D eigenvalue weighted by molar-refractivity contribution is 5.67. The molecule has 1 aliphatic heterocycles. The third-order valence-corrected chi connectivity index (χ3v) is 2.34. The summed E-state index contributed by atoms with van der Waals surface area (Å²) < 4.78 is 10.1. The maximum Gasteiger partial charge on any atom is 0.410 e. The monoisotopic (exact) mass is 244 g/mol. The van der Waals surface area contributed by atoms with Gasteiger partial charge in [-0.3, -0.25) is 0 Å². The molecule has 0 saturated carbocycles. The van der Waals surface area contributed by atoms with Crippen LogP contribution in [0.1, 0.15) is 0 Å². The van der Waals surface area contributed by atoms with Gasteiger partial charge in [-0.25, -0.2) is 4.79 Å². The lowest BCUT2D eigenvalue weighted by atomic mass is 10.4. The van der Waals surface area contributed by atoms with Crippen molar-refractivity contribution < 1.29 is 19.4 Å². The normalized spacial score (nSPS) is 17.6. The van der Waals surface area contributed by atoms with Gasteiger partial charge in [0.2, 0.25) is 0 Å². The molecular formula is C11H20N2O4. The maximum absolute atomic E-state index is 11.5. The molecule has 6 heteroatoms. The van der Waals surface area contributed by atoms with Crippen LogP contribution in [0.3, 0.4) is 0 Å². The Labute approximate surface area is 101 Å². The maximum atomic E-state index is 11.5. The van der Waals surface area contributed by atoms with Crippen LogP contribution < -0.4 is 5.32 Å². The number of carbonyl (C=O) groups excluding carboxylic acids is 1. The molecule has 0 radical (unpaired) electrons. The Balaban J connectivity index is 2.11. The van der Waals surface area contributed by atoms with Crippen molar-refractivity contribution in [3.63, 3.8) is 0 Å². The van der Waals surface area contributed by atoms with Gasteiger partial charge in [0.25, 0.3) is 0 Å². The van der Waals surface area contributed by atoms with Gasteiger partial charge in [0.15, 0.2) is 0 Å². The fraction of sp³-hybridized carbons (Fsp3) is 0.727. The van der Waals surface area contributed by atoms with E-state index < -0.39 is 12.2 Å². The van der Waals surface area contributed by atoms with E-state index in [0.717, 1.165) is 0 Å². The van der Waals surface area contributed by atoms with E-state index in [4.69, 9.17) is 9.47 Å². The predicted octanol–water partition coefficient (Wildman–Crippen LogP) is -0.408. The highest BCUT2D eigenvalue weighted by atomic mass is 16.6. The Kier molecular flexibility index (Phi) is 6.61. The molecule has 98 valence electrons. The fourth-order valence-electron chi connectivity index (χ4n) is 1.42. The van der Waals surface area contributed by atoms with Crippen molar-refractivity contribution >= 4 is 6.09 Å². The molecule has 1 saturated heterocycles. The summed E-state index contributed by atoms with van der Waals surface area (Å²) >= 11 is 0. The Bertz CT molecular complexity index is 242. The van der Waals surface area contributed by atoms with Crippen LogP contribution in [0.5, 0.6) is 0 Å². The van der Waals surface area contributed by atoms with Crippen LogP contribution in [0.4, 0.5) is 4.79 Å². The Morgan fingerprint density at radius 1 is 1.59 bits per heavy atom. The van der Waals surface area contributed by atoms with Crippen LogP contribution >= 0.6 is 0 Å². The SMILES string of the molecule is C=CCNCC(O)COC(=O)N1CCOCC1. The highest BCUT2D eigenvalue weighted by Crippen LogP contribution is 2.00. The van der Waals surface area contributed by atoms with Gasteiger partial charge in [0, 0.05) is 26.2 Å². The fourth-order valence-corrected chi connectivity index (χ4v) is 1.42. The number of amides is 1. The van der Waals surface area contributed by atoms with E-state index in [9.17, 15) is 9.90 Å². The first kappa shape index (κ1) is 14.0. The van der Waals surface area contributed by atoms with Crippen LogP contribution in [0, 0.1) is 0 Å². The largest absolute Gasteiger partial charge is 0.447 e. The van der Waals surface area contributed by atoms with Crippen LogP contribution in [0.2, 0.25) is 0 Å². The summed E-state index contributed by atoms with van der Waals surface area (Å²) in [4.78, 5) is 13.1. The van der Waals surface area contributed by atoms with Gasteiger partial charge in [-0.15, -0.1) is 6.58 Å². The highest BCUT2D eigenvalue weighted by Gasteiger charge is 2.18. The average Bonchev–Trinajstić information content (AvgIpc) is 2.37. The molecular weight excluding hydrogens is 224 g/mol. The summed E-state index contributed by atoms with van der Waals surface area (Å²) in [7, 11) is 0. The Morgan fingerprint density at radius 3 is 2.94 bits per heavy atom. The number of aliphatic hydroxyl groups excluding tert-OH is 1. The van der Waals surface area contributed by atoms with Gasteiger partial charge < -0.3 is 24.8 Å². The molecule has 2 N–H and O–H groups in total. The summed E-state index contributed by atoms with van der Waals surface area (Å²) in [6, 6.07) is 0. The van der Waals surface area contributed by atoms with Gasteiger partial charge in [-0.05, 0) is 0 Å². The number of hydrogen-bond donors (Lipinski definition) is 2. The predicted molar refractivity (Wildman–Crippen MR) is 62.8 cm³/mol. The quantitative estimate of drug-likeness (QED) is 0.491. The summed E-state index contributed by atoms with van der Waals surface area (Å²) in [5.74, 6) is 0. The molecule has 1 aliphatic rings. The molecule has 0 bridgehead atoms. The molecule has 0 aliphatic carbocycles. The molecule has 1 atom stereocenters. The van der Waals surface area contributed by atoms with Gasteiger partial charge >= 0.3 is 6.09 Å². The van der Waals surface area contributed by atoms with Crippen molar-refractivity contribution in [1.29, 1.82) is 0 Å². The van der Waals surface area contributed by atoms with E-state index in [2.05, 4.69) is 11.9 Å². The standard InChI is InChI=1S/C11H20N2O4/c1-2-3-12-8-10(14)9-17-11(15)13-4-6-16-7-5-13/h2,10,12,14H,1,3-9H2. The Morgan fingerprint density at radius 2 is 2.29 bits per heavy atom. The number of nitrogens with zero attached hydrogens (tertiary/aromatic N) is 1. The van der Waals surface area contributed by atoms with Gasteiger partial charge in [0.05, 0.1) is 13.2 Å². The second kappa shape index (κ2) is 8.05. The number of hydrogen-bond acceptors (Lipinski definition) is 5. The summed E-state index contributed by atoms with van der Waals surface area (Å²) in [5.41, 5.74) is 0. The average molecular weight is 244 g/mol. The summed E-state index contributed by atoms with van der Waals surface area (Å²) in [5, 5.41) is 12.5. The zero-order chi connectivity index (χ0) is 12.5. The third-order valence-electron chi connectivity index (χ3n) is 2.34. The van der Waals surface area contributed by atoms with Crippen LogP contribution in [0.25, 0.3) is 0 Å². The van der Waals surface area contributed by atoms with Gasteiger partial charge in [-0.2, -0.15) is 0 Å². The molecule has 1 unspecified atom stereocenters. The number of nitrogens with one attached hydrogen (secondary N) is 1. The lowest BCUT2D eigenvalue weighted by Gasteiger charge is -2.26. The zero-order valence-corrected chi connectivity index (χ0v) is 9.93.